The van der Waals surface area contributed by atoms with Crippen LogP contribution in [0.15, 0.2) is 60.7 Å². The summed E-state index contributed by atoms with van der Waals surface area (Å²) in [6.07, 6.45) is 0.0234. The first kappa shape index (κ1) is 19.2. The highest BCUT2D eigenvalue weighted by atomic mass is 16.3. The SMILES string of the molecule is CC(C)[C@@H](Cc1ccccc1)C(=O)N(C)[C@@H](C)[C@@H](O)c1ccccc1. The van der Waals surface area contributed by atoms with E-state index in [2.05, 4.69) is 26.0 Å². The van der Waals surface area contributed by atoms with Gasteiger partial charge in [-0.1, -0.05) is 74.5 Å². The standard InChI is InChI=1S/C22H29NO2/c1-16(2)20(15-18-11-7-5-8-12-18)22(25)23(4)17(3)21(24)19-13-9-6-10-14-19/h5-14,16-17,20-21,24H,15H2,1-4H3/t17-,20+,21+/m0/s1. The molecule has 134 valence electrons. The van der Waals surface area contributed by atoms with E-state index in [-0.39, 0.29) is 23.8 Å². The number of aliphatic hydroxyl groups is 1. The van der Waals surface area contributed by atoms with Gasteiger partial charge in [0.05, 0.1) is 12.1 Å². The molecular weight excluding hydrogens is 310 g/mol. The monoisotopic (exact) mass is 339 g/mol. The van der Waals surface area contributed by atoms with Crippen molar-refractivity contribution in [2.24, 2.45) is 11.8 Å². The largest absolute Gasteiger partial charge is 0.386 e. The molecule has 0 aromatic heterocycles. The van der Waals surface area contributed by atoms with Crippen molar-refractivity contribution in [3.8, 4) is 0 Å². The summed E-state index contributed by atoms with van der Waals surface area (Å²) in [4.78, 5) is 14.8. The minimum absolute atomic E-state index is 0.0846. The van der Waals surface area contributed by atoms with Crippen molar-refractivity contribution in [3.63, 3.8) is 0 Å². The number of benzene rings is 2. The lowest BCUT2D eigenvalue weighted by molar-refractivity contribution is -0.139. The predicted molar refractivity (Wildman–Crippen MR) is 102 cm³/mol. The maximum absolute atomic E-state index is 13.1. The van der Waals surface area contributed by atoms with E-state index in [1.165, 1.54) is 5.56 Å². The quantitative estimate of drug-likeness (QED) is 0.826. The summed E-state index contributed by atoms with van der Waals surface area (Å²) in [5.41, 5.74) is 2.00. The summed E-state index contributed by atoms with van der Waals surface area (Å²) in [6.45, 7) is 6.06. The van der Waals surface area contributed by atoms with Crippen LogP contribution in [0, 0.1) is 11.8 Å². The molecule has 2 aromatic carbocycles. The second kappa shape index (κ2) is 8.82. The molecule has 1 N–H and O–H groups in total. The Balaban J connectivity index is 2.12. The van der Waals surface area contributed by atoms with Gasteiger partial charge < -0.3 is 10.0 Å². The van der Waals surface area contributed by atoms with Crippen LogP contribution in [-0.4, -0.2) is 29.0 Å². The first-order valence-electron chi connectivity index (χ1n) is 8.95. The number of nitrogens with zero attached hydrogens (tertiary/aromatic N) is 1. The molecule has 0 fully saturated rings. The molecule has 2 aromatic rings. The van der Waals surface area contributed by atoms with Crippen LogP contribution in [-0.2, 0) is 11.2 Å². The summed E-state index contributed by atoms with van der Waals surface area (Å²) in [5.74, 6) is 0.218. The molecule has 0 radical (unpaired) electrons. The van der Waals surface area contributed by atoms with Crippen molar-refractivity contribution < 1.29 is 9.90 Å². The van der Waals surface area contributed by atoms with Gasteiger partial charge >= 0.3 is 0 Å². The zero-order chi connectivity index (χ0) is 18.4. The van der Waals surface area contributed by atoms with E-state index in [1.54, 1.807) is 11.9 Å². The van der Waals surface area contributed by atoms with Crippen molar-refractivity contribution in [2.45, 2.75) is 39.3 Å². The van der Waals surface area contributed by atoms with Crippen LogP contribution in [0.1, 0.15) is 38.0 Å². The van der Waals surface area contributed by atoms with Gasteiger partial charge in [0, 0.05) is 13.0 Å². The van der Waals surface area contributed by atoms with Crippen molar-refractivity contribution in [2.75, 3.05) is 7.05 Å². The van der Waals surface area contributed by atoms with E-state index >= 15 is 0 Å². The van der Waals surface area contributed by atoms with Crippen molar-refractivity contribution in [1.82, 2.24) is 4.90 Å². The number of carbonyl (C=O) groups is 1. The third-order valence-electron chi connectivity index (χ3n) is 4.98. The van der Waals surface area contributed by atoms with Gasteiger partial charge in [-0.15, -0.1) is 0 Å². The van der Waals surface area contributed by atoms with Crippen LogP contribution in [0.2, 0.25) is 0 Å². The number of hydrogen-bond donors (Lipinski definition) is 1. The van der Waals surface area contributed by atoms with Gasteiger partial charge in [0.15, 0.2) is 0 Å². The van der Waals surface area contributed by atoms with Gasteiger partial charge in [0.25, 0.3) is 0 Å². The minimum Gasteiger partial charge on any atom is -0.386 e. The number of rotatable bonds is 7. The maximum atomic E-state index is 13.1. The third kappa shape index (κ3) is 4.93. The molecule has 0 saturated heterocycles. The van der Waals surface area contributed by atoms with Gasteiger partial charge in [-0.3, -0.25) is 4.79 Å². The maximum Gasteiger partial charge on any atom is 0.226 e. The molecule has 0 spiro atoms. The van der Waals surface area contributed by atoms with E-state index in [9.17, 15) is 9.90 Å². The van der Waals surface area contributed by atoms with Gasteiger partial charge in [0.1, 0.15) is 0 Å². The summed E-state index contributed by atoms with van der Waals surface area (Å²) in [5, 5.41) is 10.6. The molecular formula is C22H29NO2. The van der Waals surface area contributed by atoms with E-state index < -0.39 is 6.10 Å². The van der Waals surface area contributed by atoms with Crippen LogP contribution in [0.5, 0.6) is 0 Å². The molecule has 0 bridgehead atoms. The average Bonchev–Trinajstić information content (AvgIpc) is 2.65. The van der Waals surface area contributed by atoms with Crippen LogP contribution in [0.25, 0.3) is 0 Å². The molecule has 3 atom stereocenters. The van der Waals surface area contributed by atoms with Crippen molar-refractivity contribution in [3.05, 3.63) is 71.8 Å². The Labute approximate surface area is 151 Å². The minimum atomic E-state index is -0.695. The molecule has 2 rings (SSSR count). The smallest absolute Gasteiger partial charge is 0.226 e. The number of likely N-dealkylation sites (N-methyl/N-ethyl adjacent to an activating group) is 1. The van der Waals surface area contributed by atoms with Crippen LogP contribution < -0.4 is 0 Å². The molecule has 25 heavy (non-hydrogen) atoms. The lowest BCUT2D eigenvalue weighted by Gasteiger charge is -2.33. The van der Waals surface area contributed by atoms with E-state index in [1.807, 2.05) is 55.5 Å². The molecule has 1 amide bonds. The van der Waals surface area contributed by atoms with Gasteiger partial charge in [-0.05, 0) is 30.4 Å². The summed E-state index contributed by atoms with van der Waals surface area (Å²) < 4.78 is 0. The predicted octanol–water partition coefficient (Wildman–Crippen LogP) is 4.08. The van der Waals surface area contributed by atoms with Gasteiger partial charge in [-0.25, -0.2) is 0 Å². The van der Waals surface area contributed by atoms with Crippen LogP contribution in [0.4, 0.5) is 0 Å². The molecule has 0 aliphatic heterocycles. The van der Waals surface area contributed by atoms with Crippen LogP contribution >= 0.6 is 0 Å². The average molecular weight is 339 g/mol. The Hall–Kier alpha value is -2.13. The van der Waals surface area contributed by atoms with Crippen molar-refractivity contribution in [1.29, 1.82) is 0 Å². The summed E-state index contributed by atoms with van der Waals surface area (Å²) in [7, 11) is 1.79. The first-order chi connectivity index (χ1) is 11.9. The molecule has 0 unspecified atom stereocenters. The Morgan fingerprint density at radius 2 is 1.48 bits per heavy atom. The molecule has 3 nitrogen and oxygen atoms in total. The van der Waals surface area contributed by atoms with Crippen molar-refractivity contribution >= 4 is 5.91 Å². The highest BCUT2D eigenvalue weighted by Crippen LogP contribution is 2.25. The van der Waals surface area contributed by atoms with Gasteiger partial charge in [-0.2, -0.15) is 0 Å². The highest BCUT2D eigenvalue weighted by Gasteiger charge is 2.30. The molecule has 3 heteroatoms. The van der Waals surface area contributed by atoms with Gasteiger partial charge in [0.2, 0.25) is 5.91 Å². The van der Waals surface area contributed by atoms with E-state index in [0.717, 1.165) is 12.0 Å². The second-order valence-corrected chi connectivity index (χ2v) is 7.09. The number of aliphatic hydroxyl groups excluding tert-OH is 1. The Bertz CT molecular complexity index is 654. The number of carbonyl (C=O) groups excluding carboxylic acids is 1. The fraction of sp³-hybridized carbons (Fsp3) is 0.409. The fourth-order valence-electron chi connectivity index (χ4n) is 3.08. The van der Waals surface area contributed by atoms with Crippen LogP contribution in [0.3, 0.4) is 0 Å². The lowest BCUT2D eigenvalue weighted by atomic mass is 9.87. The molecule has 0 aliphatic rings. The zero-order valence-corrected chi connectivity index (χ0v) is 15.6. The highest BCUT2D eigenvalue weighted by molar-refractivity contribution is 5.79. The number of hydrogen-bond acceptors (Lipinski definition) is 2. The molecule has 0 heterocycles. The topological polar surface area (TPSA) is 40.5 Å². The zero-order valence-electron chi connectivity index (χ0n) is 15.6. The fourth-order valence-corrected chi connectivity index (χ4v) is 3.08. The first-order valence-corrected chi connectivity index (χ1v) is 8.95. The summed E-state index contributed by atoms with van der Waals surface area (Å²) in [6, 6.07) is 19.3. The normalized spacial score (nSPS) is 14.8. The van der Waals surface area contributed by atoms with E-state index in [0.29, 0.717) is 0 Å². The summed E-state index contributed by atoms with van der Waals surface area (Å²) >= 11 is 0. The molecule has 0 saturated carbocycles. The molecule has 0 aliphatic carbocycles. The lowest BCUT2D eigenvalue weighted by Crippen LogP contribution is -2.44. The Morgan fingerprint density at radius 1 is 0.960 bits per heavy atom. The Morgan fingerprint density at radius 3 is 2.00 bits per heavy atom. The Kier molecular flexibility index (Phi) is 6.77. The number of amides is 1. The van der Waals surface area contributed by atoms with E-state index in [4.69, 9.17) is 0 Å². The third-order valence-corrected chi connectivity index (χ3v) is 4.98. The second-order valence-electron chi connectivity index (χ2n) is 7.09.